The van der Waals surface area contributed by atoms with Gasteiger partial charge in [-0.15, -0.1) is 0 Å². The Hall–Kier alpha value is -1.71. The standard InChI is InChI=1S/C10H13N3O/c1-4-14-9(3)13-8(2)10-11-6-5-7-12-10/h5-7H,2,4H2,1,3H3. The van der Waals surface area contributed by atoms with Crippen LogP contribution < -0.4 is 0 Å². The van der Waals surface area contributed by atoms with Gasteiger partial charge in [0.15, 0.2) is 11.7 Å². The van der Waals surface area contributed by atoms with Crippen molar-refractivity contribution in [2.45, 2.75) is 13.8 Å². The largest absolute Gasteiger partial charge is 0.481 e. The molecular formula is C10H13N3O. The molecular weight excluding hydrogens is 178 g/mol. The molecule has 0 aliphatic carbocycles. The summed E-state index contributed by atoms with van der Waals surface area (Å²) in [5.74, 6) is 1.09. The van der Waals surface area contributed by atoms with E-state index in [0.29, 0.717) is 24.0 Å². The van der Waals surface area contributed by atoms with Gasteiger partial charge >= 0.3 is 0 Å². The minimum atomic E-state index is 0.511. The van der Waals surface area contributed by atoms with Crippen LogP contribution in [-0.2, 0) is 4.74 Å². The van der Waals surface area contributed by atoms with Crippen LogP contribution in [0.25, 0.3) is 5.70 Å². The lowest BCUT2D eigenvalue weighted by molar-refractivity contribution is 0.325. The third-order valence-electron chi connectivity index (χ3n) is 1.47. The molecule has 14 heavy (non-hydrogen) atoms. The first-order chi connectivity index (χ1) is 6.74. The molecule has 0 spiro atoms. The molecule has 0 bridgehead atoms. The van der Waals surface area contributed by atoms with Crippen LogP contribution in [0.4, 0.5) is 0 Å². The van der Waals surface area contributed by atoms with E-state index in [-0.39, 0.29) is 0 Å². The number of rotatable bonds is 3. The van der Waals surface area contributed by atoms with Crippen molar-refractivity contribution >= 4 is 11.6 Å². The number of ether oxygens (including phenoxy) is 1. The SMILES string of the molecule is C=C(N=C(C)OCC)c1ncccn1. The molecule has 4 nitrogen and oxygen atoms in total. The Kier molecular flexibility index (Phi) is 3.79. The Labute approximate surface area is 83.4 Å². The Bertz CT molecular complexity index is 332. The Morgan fingerprint density at radius 3 is 2.71 bits per heavy atom. The van der Waals surface area contributed by atoms with Gasteiger partial charge in [0.05, 0.1) is 6.61 Å². The van der Waals surface area contributed by atoms with Crippen LogP contribution in [0, 0.1) is 0 Å². The molecule has 0 saturated heterocycles. The normalized spacial score (nSPS) is 11.1. The molecule has 0 unspecified atom stereocenters. The van der Waals surface area contributed by atoms with E-state index in [0.717, 1.165) is 0 Å². The number of nitrogens with zero attached hydrogens (tertiary/aromatic N) is 3. The van der Waals surface area contributed by atoms with Gasteiger partial charge in [0.1, 0.15) is 5.70 Å². The van der Waals surface area contributed by atoms with E-state index >= 15 is 0 Å². The van der Waals surface area contributed by atoms with E-state index < -0.39 is 0 Å². The fourth-order valence-electron chi connectivity index (χ4n) is 0.929. The van der Waals surface area contributed by atoms with Crippen molar-refractivity contribution < 1.29 is 4.74 Å². The quantitative estimate of drug-likeness (QED) is 0.541. The Morgan fingerprint density at radius 2 is 2.14 bits per heavy atom. The lowest BCUT2D eigenvalue weighted by atomic mass is 10.4. The average molecular weight is 191 g/mol. The van der Waals surface area contributed by atoms with E-state index in [1.807, 2.05) is 6.92 Å². The minimum absolute atomic E-state index is 0.511. The maximum atomic E-state index is 5.17. The smallest absolute Gasteiger partial charge is 0.185 e. The molecule has 4 heteroatoms. The summed E-state index contributed by atoms with van der Waals surface area (Å²) in [7, 11) is 0. The highest BCUT2D eigenvalue weighted by Crippen LogP contribution is 2.06. The van der Waals surface area contributed by atoms with E-state index in [1.54, 1.807) is 25.4 Å². The molecule has 0 amide bonds. The van der Waals surface area contributed by atoms with Crippen LogP contribution in [0.2, 0.25) is 0 Å². The first kappa shape index (κ1) is 10.4. The predicted molar refractivity (Wildman–Crippen MR) is 55.8 cm³/mol. The maximum absolute atomic E-state index is 5.17. The molecule has 0 radical (unpaired) electrons. The summed E-state index contributed by atoms with van der Waals surface area (Å²) in [6.45, 7) is 8.03. The van der Waals surface area contributed by atoms with Crippen molar-refractivity contribution in [2.24, 2.45) is 4.99 Å². The van der Waals surface area contributed by atoms with Crippen molar-refractivity contribution in [1.82, 2.24) is 9.97 Å². The molecule has 1 rings (SSSR count). The zero-order chi connectivity index (χ0) is 10.4. The number of hydrogen-bond donors (Lipinski definition) is 0. The highest BCUT2D eigenvalue weighted by atomic mass is 16.5. The van der Waals surface area contributed by atoms with Crippen molar-refractivity contribution in [1.29, 1.82) is 0 Å². The van der Waals surface area contributed by atoms with Gasteiger partial charge in [-0.2, -0.15) is 0 Å². The molecule has 0 fully saturated rings. The molecule has 1 aromatic rings. The summed E-state index contributed by atoms with van der Waals surface area (Å²) in [6.07, 6.45) is 3.30. The van der Waals surface area contributed by atoms with E-state index in [4.69, 9.17) is 4.74 Å². The fraction of sp³-hybridized carbons (Fsp3) is 0.300. The number of aliphatic imine (C=N–C) groups is 1. The zero-order valence-corrected chi connectivity index (χ0v) is 8.40. The lowest BCUT2D eigenvalue weighted by Gasteiger charge is -2.02. The molecule has 1 heterocycles. The van der Waals surface area contributed by atoms with Gasteiger partial charge < -0.3 is 4.74 Å². The van der Waals surface area contributed by atoms with Crippen LogP contribution in [-0.4, -0.2) is 22.5 Å². The highest BCUT2D eigenvalue weighted by molar-refractivity contribution is 5.79. The third-order valence-corrected chi connectivity index (χ3v) is 1.47. The maximum Gasteiger partial charge on any atom is 0.185 e. The topological polar surface area (TPSA) is 47.4 Å². The van der Waals surface area contributed by atoms with E-state index in [2.05, 4.69) is 21.5 Å². The summed E-state index contributed by atoms with van der Waals surface area (Å²) < 4.78 is 5.17. The third kappa shape index (κ3) is 2.97. The van der Waals surface area contributed by atoms with E-state index in [9.17, 15) is 0 Å². The van der Waals surface area contributed by atoms with Crippen LogP contribution in [0.5, 0.6) is 0 Å². The second kappa shape index (κ2) is 5.11. The summed E-state index contributed by atoms with van der Waals surface area (Å²) in [5.41, 5.74) is 0.511. The number of hydrogen-bond acceptors (Lipinski definition) is 4. The molecule has 74 valence electrons. The van der Waals surface area contributed by atoms with Crippen LogP contribution in [0.15, 0.2) is 30.0 Å². The molecule has 0 aliphatic heterocycles. The zero-order valence-electron chi connectivity index (χ0n) is 8.40. The molecule has 0 aliphatic rings. The van der Waals surface area contributed by atoms with Gasteiger partial charge in [-0.1, -0.05) is 6.58 Å². The van der Waals surface area contributed by atoms with Crippen molar-refractivity contribution in [3.8, 4) is 0 Å². The Balaban J connectivity index is 2.72. The summed E-state index contributed by atoms with van der Waals surface area (Å²) in [6, 6.07) is 1.75. The van der Waals surface area contributed by atoms with Gasteiger partial charge in [-0.3, -0.25) is 0 Å². The molecule has 1 aromatic heterocycles. The monoisotopic (exact) mass is 191 g/mol. The molecule has 0 saturated carbocycles. The van der Waals surface area contributed by atoms with Crippen LogP contribution in [0.3, 0.4) is 0 Å². The summed E-state index contributed by atoms with van der Waals surface area (Å²) in [5, 5.41) is 0. The Morgan fingerprint density at radius 1 is 1.50 bits per heavy atom. The van der Waals surface area contributed by atoms with Gasteiger partial charge in [0, 0.05) is 19.3 Å². The molecule has 0 aromatic carbocycles. The number of aromatic nitrogens is 2. The molecule has 0 N–H and O–H groups in total. The highest BCUT2D eigenvalue weighted by Gasteiger charge is 1.99. The predicted octanol–water partition coefficient (Wildman–Crippen LogP) is 1.90. The summed E-state index contributed by atoms with van der Waals surface area (Å²) >= 11 is 0. The average Bonchev–Trinajstić information content (AvgIpc) is 2.19. The summed E-state index contributed by atoms with van der Waals surface area (Å²) in [4.78, 5) is 12.1. The van der Waals surface area contributed by atoms with Crippen molar-refractivity contribution in [3.63, 3.8) is 0 Å². The van der Waals surface area contributed by atoms with Gasteiger partial charge in [0.25, 0.3) is 0 Å². The van der Waals surface area contributed by atoms with Gasteiger partial charge in [-0.05, 0) is 13.0 Å². The first-order valence-corrected chi connectivity index (χ1v) is 4.38. The second-order valence-electron chi connectivity index (χ2n) is 2.58. The van der Waals surface area contributed by atoms with Crippen molar-refractivity contribution in [3.05, 3.63) is 30.9 Å². The van der Waals surface area contributed by atoms with Crippen LogP contribution in [0.1, 0.15) is 19.7 Å². The first-order valence-electron chi connectivity index (χ1n) is 4.38. The van der Waals surface area contributed by atoms with Gasteiger partial charge in [-0.25, -0.2) is 15.0 Å². The van der Waals surface area contributed by atoms with Gasteiger partial charge in [0.2, 0.25) is 0 Å². The van der Waals surface area contributed by atoms with Crippen LogP contribution >= 0.6 is 0 Å². The fourth-order valence-corrected chi connectivity index (χ4v) is 0.929. The lowest BCUT2D eigenvalue weighted by Crippen LogP contribution is -2.00. The van der Waals surface area contributed by atoms with E-state index in [1.165, 1.54) is 0 Å². The second-order valence-corrected chi connectivity index (χ2v) is 2.58. The van der Waals surface area contributed by atoms with Crippen molar-refractivity contribution in [2.75, 3.05) is 6.61 Å². The molecule has 0 atom stereocenters. The minimum Gasteiger partial charge on any atom is -0.481 e.